The third-order valence-corrected chi connectivity index (χ3v) is 13.7. The van der Waals surface area contributed by atoms with Gasteiger partial charge in [-0.05, 0) is 12.8 Å². The van der Waals surface area contributed by atoms with E-state index in [0.717, 1.165) is 38.5 Å². The molecule has 8 N–H and O–H groups in total. The zero-order valence-corrected chi connectivity index (χ0v) is 39.9. The van der Waals surface area contributed by atoms with Gasteiger partial charge in [-0.2, -0.15) is 0 Å². The Hall–Kier alpha value is -0.660. The molecule has 0 aliphatic heterocycles. The number of rotatable bonds is 43. The van der Waals surface area contributed by atoms with Crippen LogP contribution in [0, 0.1) is 0 Å². The lowest BCUT2D eigenvalue weighted by molar-refractivity contribution is -0.220. The van der Waals surface area contributed by atoms with Gasteiger partial charge in [0.1, 0.15) is 36.6 Å². The van der Waals surface area contributed by atoms with Crippen LogP contribution in [0.4, 0.5) is 0 Å². The summed E-state index contributed by atoms with van der Waals surface area (Å²) in [6, 6.07) is -1.02. The number of carbonyl (C=O) groups is 1. The average molecular weight is 894 g/mol. The molecular weight excluding hydrogens is 797 g/mol. The minimum atomic E-state index is -5.05. The summed E-state index contributed by atoms with van der Waals surface area (Å²) in [4.78, 5) is 23.4. The van der Waals surface area contributed by atoms with E-state index in [1.807, 2.05) is 0 Å². The number of aliphatic hydroxyl groups is 6. The van der Waals surface area contributed by atoms with Crippen molar-refractivity contribution in [3.63, 3.8) is 0 Å². The average Bonchev–Trinajstić information content (AvgIpc) is 3.24. The van der Waals surface area contributed by atoms with Crippen LogP contribution in [0.2, 0.25) is 0 Å². The van der Waals surface area contributed by atoms with E-state index in [9.17, 15) is 44.9 Å². The van der Waals surface area contributed by atoms with Gasteiger partial charge in [0.15, 0.2) is 0 Å². The van der Waals surface area contributed by atoms with E-state index >= 15 is 0 Å². The number of hydrogen-bond donors (Lipinski definition) is 8. The zero-order valence-electron chi connectivity index (χ0n) is 39.0. The quantitative estimate of drug-likeness (QED) is 0.0214. The fraction of sp³-hybridized carbons (Fsp3) is 0.979. The standard InChI is InChI=1S/C48H96NO11P/c1-3-5-7-9-11-13-15-16-17-18-19-20-21-22-23-24-25-26-27-28-30-32-34-36-38-42(51)49-40(41(50)37-35-33-31-29-14-12-10-8-6-4-2)39-59-61(57,58)60-48-46(55)44(53)43(52)45(54)47(48)56/h40-41,43-48,50,52-56H,3-39H2,1-2H3,(H,49,51)(H,57,58)/t40-,41+,43?,44+,45?,46?,47?,48?/m0/s1. The molecule has 364 valence electrons. The number of nitrogens with one attached hydrogen (secondary N) is 1. The van der Waals surface area contributed by atoms with E-state index in [1.165, 1.54) is 167 Å². The number of hydrogen-bond acceptors (Lipinski definition) is 10. The van der Waals surface area contributed by atoms with Gasteiger partial charge in [-0.3, -0.25) is 13.8 Å². The number of phosphoric ester groups is 1. The Labute approximate surface area is 372 Å². The second-order valence-corrected chi connectivity index (χ2v) is 19.8. The summed E-state index contributed by atoms with van der Waals surface area (Å²) in [7, 11) is -5.05. The van der Waals surface area contributed by atoms with E-state index in [1.54, 1.807) is 0 Å². The summed E-state index contributed by atoms with van der Waals surface area (Å²) in [5, 5.41) is 64.1. The molecule has 1 aliphatic carbocycles. The maximum atomic E-state index is 13.0. The lowest BCUT2D eigenvalue weighted by Crippen LogP contribution is -2.64. The Morgan fingerprint density at radius 3 is 1.13 bits per heavy atom. The van der Waals surface area contributed by atoms with Crippen LogP contribution in [0.15, 0.2) is 0 Å². The van der Waals surface area contributed by atoms with Gasteiger partial charge < -0.3 is 40.8 Å². The lowest BCUT2D eigenvalue weighted by Gasteiger charge is -2.41. The number of aliphatic hydroxyl groups excluding tert-OH is 6. The molecule has 0 saturated heterocycles. The monoisotopic (exact) mass is 894 g/mol. The second kappa shape index (κ2) is 38.6. The zero-order chi connectivity index (χ0) is 45.0. The van der Waals surface area contributed by atoms with Crippen molar-refractivity contribution in [2.24, 2.45) is 0 Å². The first-order chi connectivity index (χ1) is 29.4. The predicted molar refractivity (Wildman–Crippen MR) is 246 cm³/mol. The van der Waals surface area contributed by atoms with E-state index < -0.39 is 63.2 Å². The highest BCUT2D eigenvalue weighted by Gasteiger charge is 2.51. The minimum Gasteiger partial charge on any atom is -0.391 e. The highest BCUT2D eigenvalue weighted by Crippen LogP contribution is 2.47. The van der Waals surface area contributed by atoms with Crippen molar-refractivity contribution in [3.8, 4) is 0 Å². The molecule has 0 spiro atoms. The topological polar surface area (TPSA) is 206 Å². The number of unbranched alkanes of at least 4 members (excludes halogenated alkanes) is 32. The van der Waals surface area contributed by atoms with Crippen LogP contribution >= 0.6 is 7.82 Å². The lowest BCUT2D eigenvalue weighted by atomic mass is 9.85. The Balaban J connectivity index is 2.29. The molecule has 0 heterocycles. The smallest absolute Gasteiger partial charge is 0.391 e. The highest BCUT2D eigenvalue weighted by atomic mass is 31.2. The number of phosphoric acid groups is 1. The summed E-state index contributed by atoms with van der Waals surface area (Å²) in [6.45, 7) is 3.89. The van der Waals surface area contributed by atoms with Gasteiger partial charge in [0.2, 0.25) is 5.91 Å². The SMILES string of the molecule is CCCCCCCCCCCCCCCCCCCCCCCCCCC(=O)N[C@@H](COP(=O)(O)OC1C(O)C(O)C(O)[C@@H](O)C1O)[C@H](O)CCCCCCCCCCCC. The van der Waals surface area contributed by atoms with Crippen molar-refractivity contribution in [2.75, 3.05) is 6.61 Å². The third-order valence-electron chi connectivity index (χ3n) is 12.7. The molecule has 0 aromatic carbocycles. The van der Waals surface area contributed by atoms with Crippen molar-refractivity contribution in [1.82, 2.24) is 5.32 Å². The van der Waals surface area contributed by atoms with Crippen LogP contribution in [0.5, 0.6) is 0 Å². The minimum absolute atomic E-state index is 0.243. The summed E-state index contributed by atoms with van der Waals surface area (Å²) in [5.41, 5.74) is 0. The molecule has 1 rings (SSSR count). The Morgan fingerprint density at radius 1 is 0.492 bits per heavy atom. The van der Waals surface area contributed by atoms with Crippen LogP contribution in [0.3, 0.4) is 0 Å². The molecule has 0 radical (unpaired) electrons. The van der Waals surface area contributed by atoms with Crippen molar-refractivity contribution in [2.45, 2.75) is 294 Å². The highest BCUT2D eigenvalue weighted by molar-refractivity contribution is 7.47. The molecule has 13 heteroatoms. The van der Waals surface area contributed by atoms with Crippen molar-refractivity contribution in [3.05, 3.63) is 0 Å². The first-order valence-corrected chi connectivity index (χ1v) is 27.0. The number of amides is 1. The van der Waals surface area contributed by atoms with Gasteiger partial charge in [0, 0.05) is 6.42 Å². The molecule has 1 saturated carbocycles. The Kier molecular flexibility index (Phi) is 36.9. The van der Waals surface area contributed by atoms with Gasteiger partial charge in [-0.1, -0.05) is 226 Å². The molecule has 0 aromatic rings. The first-order valence-electron chi connectivity index (χ1n) is 25.5. The molecule has 61 heavy (non-hydrogen) atoms. The van der Waals surface area contributed by atoms with Gasteiger partial charge in [-0.15, -0.1) is 0 Å². The largest absolute Gasteiger partial charge is 0.472 e. The van der Waals surface area contributed by atoms with Crippen LogP contribution in [-0.2, 0) is 18.4 Å². The first kappa shape index (κ1) is 58.4. The molecule has 6 unspecified atom stereocenters. The molecule has 0 bridgehead atoms. The van der Waals surface area contributed by atoms with E-state index in [2.05, 4.69) is 19.2 Å². The Morgan fingerprint density at radius 2 is 0.787 bits per heavy atom. The normalized spacial score (nSPS) is 22.6. The van der Waals surface area contributed by atoms with E-state index in [0.29, 0.717) is 19.3 Å². The molecule has 12 nitrogen and oxygen atoms in total. The Bertz CT molecular complexity index is 1040. The molecule has 0 aromatic heterocycles. The van der Waals surface area contributed by atoms with Crippen LogP contribution in [0.25, 0.3) is 0 Å². The van der Waals surface area contributed by atoms with Crippen molar-refractivity contribution in [1.29, 1.82) is 0 Å². The maximum Gasteiger partial charge on any atom is 0.472 e. The summed E-state index contributed by atoms with van der Waals surface area (Å²) in [5.74, 6) is -0.304. The van der Waals surface area contributed by atoms with Gasteiger partial charge in [0.05, 0.1) is 18.8 Å². The van der Waals surface area contributed by atoms with Crippen molar-refractivity contribution >= 4 is 13.7 Å². The predicted octanol–water partition coefficient (Wildman–Crippen LogP) is 10.2. The van der Waals surface area contributed by atoms with Gasteiger partial charge in [-0.25, -0.2) is 4.57 Å². The second-order valence-electron chi connectivity index (χ2n) is 18.4. The van der Waals surface area contributed by atoms with Crippen LogP contribution < -0.4 is 5.32 Å². The molecule has 1 aliphatic rings. The molecule has 9 atom stereocenters. The van der Waals surface area contributed by atoms with Crippen LogP contribution in [0.1, 0.15) is 245 Å². The third kappa shape index (κ3) is 30.2. The van der Waals surface area contributed by atoms with E-state index in [-0.39, 0.29) is 12.3 Å². The van der Waals surface area contributed by atoms with Crippen molar-refractivity contribution < 1.29 is 53.9 Å². The molecule has 1 fully saturated rings. The maximum absolute atomic E-state index is 13.0. The summed E-state index contributed by atoms with van der Waals surface area (Å²) in [6.07, 6.45) is 30.2. The summed E-state index contributed by atoms with van der Waals surface area (Å²) >= 11 is 0. The fourth-order valence-electron chi connectivity index (χ4n) is 8.50. The van der Waals surface area contributed by atoms with Crippen LogP contribution in [-0.4, -0.2) is 96.8 Å². The molecular formula is C48H96NO11P. The fourth-order valence-corrected chi connectivity index (χ4v) is 9.46. The van der Waals surface area contributed by atoms with E-state index in [4.69, 9.17) is 9.05 Å². The van der Waals surface area contributed by atoms with Gasteiger partial charge in [0.25, 0.3) is 0 Å². The molecule has 1 amide bonds. The number of carbonyl (C=O) groups excluding carboxylic acids is 1. The van der Waals surface area contributed by atoms with Gasteiger partial charge >= 0.3 is 7.82 Å². The summed E-state index contributed by atoms with van der Waals surface area (Å²) < 4.78 is 23.0.